The van der Waals surface area contributed by atoms with E-state index in [1.165, 1.54) is 15.9 Å². The lowest BCUT2D eigenvalue weighted by Crippen LogP contribution is -2.27. The Labute approximate surface area is 136 Å². The predicted molar refractivity (Wildman–Crippen MR) is 98.8 cm³/mol. The first-order valence-electron chi connectivity index (χ1n) is 7.27. The Bertz CT molecular complexity index is 795. The van der Waals surface area contributed by atoms with Crippen LogP contribution in [0.1, 0.15) is 11.4 Å². The van der Waals surface area contributed by atoms with Gasteiger partial charge in [-0.05, 0) is 24.5 Å². The Hall–Kier alpha value is -1.70. The highest BCUT2D eigenvalue weighted by molar-refractivity contribution is 8.25. The summed E-state index contributed by atoms with van der Waals surface area (Å²) in [6.07, 6.45) is 0. The molecule has 0 spiro atoms. The van der Waals surface area contributed by atoms with E-state index in [-0.39, 0.29) is 0 Å². The Balaban J connectivity index is 2.37. The number of aryl methyl sites for hydroxylation is 2. The quantitative estimate of drug-likeness (QED) is 0.689. The highest BCUT2D eigenvalue weighted by atomic mass is 32.4. The largest absolute Gasteiger partial charge is 0.272 e. The average Bonchev–Trinajstić information content (AvgIpc) is 2.81. The van der Waals surface area contributed by atoms with E-state index >= 15 is 0 Å². The maximum atomic E-state index is 6.35. The molecule has 4 heteroatoms. The van der Waals surface area contributed by atoms with Gasteiger partial charge >= 0.3 is 0 Å². The van der Waals surface area contributed by atoms with Crippen LogP contribution in [0.25, 0.3) is 0 Å². The molecule has 112 valence electrons. The third-order valence-electron chi connectivity index (χ3n) is 4.03. The number of hydrogen-bond donors (Lipinski definition) is 0. The van der Waals surface area contributed by atoms with Crippen LogP contribution >= 0.6 is 6.04 Å². The van der Waals surface area contributed by atoms with Crippen molar-refractivity contribution in [2.45, 2.75) is 13.8 Å². The zero-order chi connectivity index (χ0) is 15.7. The van der Waals surface area contributed by atoms with Crippen LogP contribution < -0.4 is 15.9 Å². The first kappa shape index (κ1) is 15.2. The molecule has 3 rings (SSSR count). The lowest BCUT2D eigenvalue weighted by molar-refractivity contribution is 0.731. The van der Waals surface area contributed by atoms with Gasteiger partial charge in [0.05, 0.1) is 5.69 Å². The predicted octanol–water partition coefficient (Wildman–Crippen LogP) is 2.79. The zero-order valence-corrected chi connectivity index (χ0v) is 14.7. The van der Waals surface area contributed by atoms with E-state index in [9.17, 15) is 0 Å². The summed E-state index contributed by atoms with van der Waals surface area (Å²) >= 11 is 6.35. The van der Waals surface area contributed by atoms with Crippen LogP contribution in [0.3, 0.4) is 0 Å². The van der Waals surface area contributed by atoms with E-state index in [0.29, 0.717) is 0 Å². The summed E-state index contributed by atoms with van der Waals surface area (Å²) in [5.74, 6) is 0. The fourth-order valence-electron chi connectivity index (χ4n) is 2.90. The van der Waals surface area contributed by atoms with Crippen molar-refractivity contribution >= 4 is 33.8 Å². The van der Waals surface area contributed by atoms with Crippen molar-refractivity contribution in [1.29, 1.82) is 0 Å². The molecule has 1 aromatic heterocycles. The molecule has 22 heavy (non-hydrogen) atoms. The van der Waals surface area contributed by atoms with Gasteiger partial charge in [0.15, 0.2) is 0 Å². The number of nitrogens with zero attached hydrogens (tertiary/aromatic N) is 2. The molecule has 0 aliphatic carbocycles. The summed E-state index contributed by atoms with van der Waals surface area (Å²) < 4.78 is 1.94. The minimum atomic E-state index is -2.08. The van der Waals surface area contributed by atoms with Crippen LogP contribution in [0, 0.1) is 13.8 Å². The fraction of sp³-hybridized carbons (Fsp3) is 0.167. The minimum absolute atomic E-state index is 1.04. The summed E-state index contributed by atoms with van der Waals surface area (Å²) in [4.78, 5) is 0. The van der Waals surface area contributed by atoms with Crippen molar-refractivity contribution < 1.29 is 0 Å². The van der Waals surface area contributed by atoms with Crippen LogP contribution in [0.5, 0.6) is 0 Å². The van der Waals surface area contributed by atoms with Gasteiger partial charge in [-0.3, -0.25) is 4.68 Å². The lowest BCUT2D eigenvalue weighted by atomic mass is 10.4. The van der Waals surface area contributed by atoms with Crippen LogP contribution in [0.15, 0.2) is 60.7 Å². The zero-order valence-electron chi connectivity index (χ0n) is 13.0. The van der Waals surface area contributed by atoms with E-state index in [1.54, 1.807) is 0 Å². The molecule has 2 nitrogen and oxygen atoms in total. The number of benzene rings is 2. The molecular weight excluding hydrogens is 307 g/mol. The van der Waals surface area contributed by atoms with Gasteiger partial charge in [-0.15, -0.1) is 0 Å². The molecule has 0 aliphatic rings. The standard InChI is InChI=1S/C18H19N2PS/c1-14-18(15(2)20(3)19-14)21(22,16-10-6-4-7-11-16)17-12-8-5-9-13-17/h4-13H,1-3H3. The second kappa shape index (κ2) is 5.83. The van der Waals surface area contributed by atoms with Crippen molar-refractivity contribution in [3.63, 3.8) is 0 Å². The Kier molecular flexibility index (Phi) is 4.03. The van der Waals surface area contributed by atoms with Crippen LogP contribution in [-0.2, 0) is 18.9 Å². The van der Waals surface area contributed by atoms with Crippen molar-refractivity contribution in [1.82, 2.24) is 9.78 Å². The number of aromatic nitrogens is 2. The summed E-state index contributed by atoms with van der Waals surface area (Å²) in [5.41, 5.74) is 2.20. The van der Waals surface area contributed by atoms with Gasteiger partial charge < -0.3 is 0 Å². The molecule has 0 aliphatic heterocycles. The van der Waals surface area contributed by atoms with Crippen LogP contribution in [0.2, 0.25) is 0 Å². The van der Waals surface area contributed by atoms with Gasteiger partial charge in [-0.25, -0.2) is 0 Å². The Morgan fingerprint density at radius 3 is 1.68 bits per heavy atom. The van der Waals surface area contributed by atoms with Crippen molar-refractivity contribution in [2.75, 3.05) is 0 Å². The molecule has 2 aromatic carbocycles. The van der Waals surface area contributed by atoms with Gasteiger partial charge in [0.2, 0.25) is 0 Å². The molecule has 3 aromatic rings. The topological polar surface area (TPSA) is 17.8 Å². The second-order valence-corrected chi connectivity index (χ2v) is 9.77. The smallest absolute Gasteiger partial charge is 0.0687 e. The molecule has 0 radical (unpaired) electrons. The summed E-state index contributed by atoms with van der Waals surface area (Å²) in [5, 5.41) is 8.27. The molecule has 0 amide bonds. The van der Waals surface area contributed by atoms with E-state index in [0.717, 1.165) is 11.4 Å². The highest BCUT2D eigenvalue weighted by Crippen LogP contribution is 2.44. The van der Waals surface area contributed by atoms with Crippen LogP contribution in [-0.4, -0.2) is 9.78 Å². The number of rotatable bonds is 3. The van der Waals surface area contributed by atoms with E-state index in [1.807, 2.05) is 23.9 Å². The SMILES string of the molecule is Cc1nn(C)c(C)c1P(=S)(c1ccccc1)c1ccccc1. The molecule has 0 bridgehead atoms. The summed E-state index contributed by atoms with van der Waals surface area (Å²) in [6.45, 7) is 4.18. The van der Waals surface area contributed by atoms with Gasteiger partial charge in [-0.2, -0.15) is 5.10 Å². The highest BCUT2D eigenvalue weighted by Gasteiger charge is 2.30. The van der Waals surface area contributed by atoms with Crippen molar-refractivity contribution in [2.24, 2.45) is 7.05 Å². The first-order chi connectivity index (χ1) is 10.5. The normalized spacial score (nSPS) is 11.6. The van der Waals surface area contributed by atoms with Crippen LogP contribution in [0.4, 0.5) is 0 Å². The van der Waals surface area contributed by atoms with E-state index in [4.69, 9.17) is 11.8 Å². The molecule has 0 saturated heterocycles. The van der Waals surface area contributed by atoms with Gasteiger partial charge in [0.1, 0.15) is 0 Å². The summed E-state index contributed by atoms with van der Waals surface area (Å²) in [7, 11) is 1.99. The fourth-order valence-corrected chi connectivity index (χ4v) is 7.52. The lowest BCUT2D eigenvalue weighted by Gasteiger charge is -2.24. The molecule has 0 saturated carbocycles. The summed E-state index contributed by atoms with van der Waals surface area (Å²) in [6, 6.07) is 18.9. The van der Waals surface area contributed by atoms with E-state index in [2.05, 4.69) is 67.5 Å². The maximum Gasteiger partial charge on any atom is 0.0687 e. The monoisotopic (exact) mass is 326 g/mol. The average molecular weight is 326 g/mol. The van der Waals surface area contributed by atoms with Gasteiger partial charge in [0, 0.05) is 24.1 Å². The minimum Gasteiger partial charge on any atom is -0.272 e. The Morgan fingerprint density at radius 1 is 0.864 bits per heavy atom. The number of hydrogen-bond acceptors (Lipinski definition) is 2. The second-order valence-electron chi connectivity index (χ2n) is 5.42. The van der Waals surface area contributed by atoms with Crippen molar-refractivity contribution in [3.05, 3.63) is 72.1 Å². The first-order valence-corrected chi connectivity index (χ1v) is 10.1. The van der Waals surface area contributed by atoms with Crippen molar-refractivity contribution in [3.8, 4) is 0 Å². The molecule has 0 atom stereocenters. The molecule has 0 unspecified atom stereocenters. The molecule has 1 heterocycles. The molecule has 0 fully saturated rings. The third kappa shape index (κ3) is 2.35. The third-order valence-corrected chi connectivity index (χ3v) is 9.17. The van der Waals surface area contributed by atoms with Gasteiger partial charge in [0.25, 0.3) is 0 Å². The van der Waals surface area contributed by atoms with E-state index < -0.39 is 6.04 Å². The van der Waals surface area contributed by atoms with Gasteiger partial charge in [-0.1, -0.05) is 72.5 Å². The molecule has 0 N–H and O–H groups in total. The molecular formula is C18H19N2PS. The Morgan fingerprint density at radius 2 is 1.32 bits per heavy atom. The maximum absolute atomic E-state index is 6.35.